The number of carbonyl (C=O) groups is 1. The number of H-pyrrole nitrogens is 1. The summed E-state index contributed by atoms with van der Waals surface area (Å²) in [4.78, 5) is 17.9. The smallest absolute Gasteiger partial charge is 0.240 e. The molecule has 0 fully saturated rings. The molecule has 1 amide bonds. The molecule has 4 heteroatoms. The first-order valence-corrected chi connectivity index (χ1v) is 7.74. The number of aromatic nitrogens is 1. The molecule has 1 aromatic carbocycles. The Hall–Kier alpha value is -1.81. The van der Waals surface area contributed by atoms with Gasteiger partial charge in [0.25, 0.3) is 0 Å². The van der Waals surface area contributed by atoms with Crippen molar-refractivity contribution in [3.63, 3.8) is 0 Å². The van der Waals surface area contributed by atoms with Gasteiger partial charge in [0.1, 0.15) is 0 Å². The molecule has 2 aromatic rings. The number of rotatable bonds is 3. The van der Waals surface area contributed by atoms with Gasteiger partial charge in [0, 0.05) is 41.7 Å². The second kappa shape index (κ2) is 5.53. The van der Waals surface area contributed by atoms with Crippen molar-refractivity contribution in [2.75, 3.05) is 6.54 Å². The van der Waals surface area contributed by atoms with Gasteiger partial charge in [0.2, 0.25) is 5.91 Å². The predicted molar refractivity (Wildman–Crippen MR) is 84.9 cm³/mol. The highest BCUT2D eigenvalue weighted by Crippen LogP contribution is 2.28. The van der Waals surface area contributed by atoms with Crippen molar-refractivity contribution in [3.8, 4) is 0 Å². The Balaban J connectivity index is 1.85. The van der Waals surface area contributed by atoms with Gasteiger partial charge in [-0.15, -0.1) is 0 Å². The lowest BCUT2D eigenvalue weighted by molar-refractivity contribution is -0.134. The third-order valence-electron chi connectivity index (χ3n) is 4.74. The molecular formula is C17H23N3O. The first-order chi connectivity index (χ1) is 10.1. The lowest BCUT2D eigenvalue weighted by Crippen LogP contribution is -2.48. The van der Waals surface area contributed by atoms with E-state index >= 15 is 0 Å². The van der Waals surface area contributed by atoms with E-state index in [2.05, 4.69) is 24.0 Å². The zero-order chi connectivity index (χ0) is 15.0. The highest BCUT2D eigenvalue weighted by Gasteiger charge is 2.29. The number of nitrogens with two attached hydrogens (primary N) is 1. The van der Waals surface area contributed by atoms with Crippen molar-refractivity contribution in [2.24, 2.45) is 11.7 Å². The predicted octanol–water partition coefficient (Wildman–Crippen LogP) is 2.43. The summed E-state index contributed by atoms with van der Waals surface area (Å²) in [5.74, 6) is 0.308. The summed E-state index contributed by atoms with van der Waals surface area (Å²) in [6, 6.07) is 7.90. The zero-order valence-electron chi connectivity index (χ0n) is 12.7. The van der Waals surface area contributed by atoms with Gasteiger partial charge in [-0.3, -0.25) is 4.79 Å². The van der Waals surface area contributed by atoms with E-state index in [0.29, 0.717) is 6.54 Å². The topological polar surface area (TPSA) is 62.1 Å². The van der Waals surface area contributed by atoms with Crippen LogP contribution in [0.1, 0.15) is 31.5 Å². The van der Waals surface area contributed by atoms with E-state index in [4.69, 9.17) is 5.73 Å². The Morgan fingerprint density at radius 2 is 2.19 bits per heavy atom. The normalized spacial score (nSPS) is 17.6. The molecule has 2 atom stereocenters. The second-order valence-electron chi connectivity index (χ2n) is 6.05. The van der Waals surface area contributed by atoms with E-state index in [0.717, 1.165) is 24.9 Å². The lowest BCUT2D eigenvalue weighted by atomic mass is 9.97. The average Bonchev–Trinajstić information content (AvgIpc) is 2.90. The Bertz CT molecular complexity index is 661. The molecule has 0 bridgehead atoms. The molecule has 1 aliphatic heterocycles. The van der Waals surface area contributed by atoms with Crippen molar-refractivity contribution < 1.29 is 4.79 Å². The molecule has 0 saturated carbocycles. The van der Waals surface area contributed by atoms with Crippen LogP contribution in [-0.2, 0) is 17.8 Å². The van der Waals surface area contributed by atoms with Gasteiger partial charge in [-0.05, 0) is 12.0 Å². The molecule has 0 aliphatic carbocycles. The van der Waals surface area contributed by atoms with E-state index in [-0.39, 0.29) is 17.9 Å². The average molecular weight is 285 g/mol. The molecule has 21 heavy (non-hydrogen) atoms. The molecule has 3 N–H and O–H groups in total. The highest BCUT2D eigenvalue weighted by molar-refractivity contribution is 5.87. The van der Waals surface area contributed by atoms with Crippen molar-refractivity contribution in [3.05, 3.63) is 35.5 Å². The zero-order valence-corrected chi connectivity index (χ0v) is 12.7. The van der Waals surface area contributed by atoms with Crippen molar-refractivity contribution in [1.82, 2.24) is 9.88 Å². The molecule has 112 valence electrons. The quantitative estimate of drug-likeness (QED) is 0.909. The summed E-state index contributed by atoms with van der Waals surface area (Å²) in [5.41, 5.74) is 9.78. The van der Waals surface area contributed by atoms with Gasteiger partial charge in [0.15, 0.2) is 0 Å². The van der Waals surface area contributed by atoms with Gasteiger partial charge in [-0.1, -0.05) is 38.5 Å². The monoisotopic (exact) mass is 285 g/mol. The maximum Gasteiger partial charge on any atom is 0.240 e. The largest absolute Gasteiger partial charge is 0.358 e. The Kier molecular flexibility index (Phi) is 3.72. The minimum absolute atomic E-state index is 0.0836. The molecule has 1 aliphatic rings. The number of carbonyl (C=O) groups excluding carboxylic acids is 1. The summed E-state index contributed by atoms with van der Waals surface area (Å²) in [6.07, 6.45) is 1.81. The van der Waals surface area contributed by atoms with Crippen molar-refractivity contribution >= 4 is 16.8 Å². The fraction of sp³-hybridized carbons (Fsp3) is 0.471. The van der Waals surface area contributed by atoms with Crippen LogP contribution >= 0.6 is 0 Å². The van der Waals surface area contributed by atoms with E-state index in [1.165, 1.54) is 16.6 Å². The van der Waals surface area contributed by atoms with Crippen LogP contribution in [0.25, 0.3) is 10.9 Å². The number of aromatic amines is 1. The number of hydrogen-bond donors (Lipinski definition) is 2. The van der Waals surface area contributed by atoms with Gasteiger partial charge in [-0.25, -0.2) is 0 Å². The molecule has 0 saturated heterocycles. The number of benzene rings is 1. The van der Waals surface area contributed by atoms with Crippen molar-refractivity contribution in [1.29, 1.82) is 0 Å². The molecule has 0 radical (unpaired) electrons. The van der Waals surface area contributed by atoms with Crippen LogP contribution in [0.3, 0.4) is 0 Å². The van der Waals surface area contributed by atoms with Crippen LogP contribution in [0.5, 0.6) is 0 Å². The standard InChI is InChI=1S/C17H23N3O/c1-3-11(2)16(18)17(21)20-9-8-15-13(10-20)12-6-4-5-7-14(12)19-15/h4-7,11,16,19H,3,8-10,18H2,1-2H3/t11-,16-/m0/s1. The van der Waals surface area contributed by atoms with Gasteiger partial charge >= 0.3 is 0 Å². The summed E-state index contributed by atoms with van der Waals surface area (Å²) >= 11 is 0. The van der Waals surface area contributed by atoms with Crippen LogP contribution in [0.4, 0.5) is 0 Å². The summed E-state index contributed by atoms with van der Waals surface area (Å²) in [5, 5.41) is 1.22. The minimum atomic E-state index is -0.387. The first-order valence-electron chi connectivity index (χ1n) is 7.74. The molecule has 1 aromatic heterocycles. The molecule has 0 spiro atoms. The van der Waals surface area contributed by atoms with E-state index in [1.54, 1.807) is 0 Å². The SMILES string of the molecule is CC[C@H](C)[C@H](N)C(=O)N1CCc2[nH]c3ccccc3c2C1. The second-order valence-corrected chi connectivity index (χ2v) is 6.05. The Morgan fingerprint density at radius 3 is 2.95 bits per heavy atom. The van der Waals surface area contributed by atoms with Crippen LogP contribution in [-0.4, -0.2) is 28.4 Å². The maximum absolute atomic E-state index is 12.6. The number of para-hydroxylation sites is 1. The van der Waals surface area contributed by atoms with Crippen LogP contribution < -0.4 is 5.73 Å². The number of nitrogens with zero attached hydrogens (tertiary/aromatic N) is 1. The molecule has 3 rings (SSSR count). The highest BCUT2D eigenvalue weighted by atomic mass is 16.2. The number of amides is 1. The first kappa shape index (κ1) is 14.1. The molecule has 0 unspecified atom stereocenters. The Morgan fingerprint density at radius 1 is 1.43 bits per heavy atom. The molecule has 4 nitrogen and oxygen atoms in total. The van der Waals surface area contributed by atoms with Crippen LogP contribution in [0.2, 0.25) is 0 Å². The fourth-order valence-corrected chi connectivity index (χ4v) is 3.06. The van der Waals surface area contributed by atoms with Gasteiger partial charge in [-0.2, -0.15) is 0 Å². The van der Waals surface area contributed by atoms with Gasteiger partial charge < -0.3 is 15.6 Å². The summed E-state index contributed by atoms with van der Waals surface area (Å²) in [6.45, 7) is 5.54. The third kappa shape index (κ3) is 2.44. The van der Waals surface area contributed by atoms with Crippen molar-refractivity contribution in [2.45, 2.75) is 39.3 Å². The molecular weight excluding hydrogens is 262 g/mol. The lowest BCUT2D eigenvalue weighted by Gasteiger charge is -2.31. The molecule has 2 heterocycles. The van der Waals surface area contributed by atoms with Gasteiger partial charge in [0.05, 0.1) is 6.04 Å². The number of fused-ring (bicyclic) bond motifs is 3. The third-order valence-corrected chi connectivity index (χ3v) is 4.74. The minimum Gasteiger partial charge on any atom is -0.358 e. The van der Waals surface area contributed by atoms with Crippen LogP contribution in [0, 0.1) is 5.92 Å². The van der Waals surface area contributed by atoms with E-state index < -0.39 is 0 Å². The van der Waals surface area contributed by atoms with E-state index in [9.17, 15) is 4.79 Å². The number of hydrogen-bond acceptors (Lipinski definition) is 2. The number of nitrogens with one attached hydrogen (secondary N) is 1. The summed E-state index contributed by atoms with van der Waals surface area (Å²) < 4.78 is 0. The van der Waals surface area contributed by atoms with Crippen LogP contribution in [0.15, 0.2) is 24.3 Å². The van der Waals surface area contributed by atoms with E-state index in [1.807, 2.05) is 24.0 Å². The summed E-state index contributed by atoms with van der Waals surface area (Å²) in [7, 11) is 0. The maximum atomic E-state index is 12.6. The fourth-order valence-electron chi connectivity index (χ4n) is 3.06. The Labute approximate surface area is 125 Å².